The molecule has 0 fully saturated rings. The molecule has 0 aromatic carbocycles. The molecule has 2 heterocycles. The van der Waals surface area contributed by atoms with Gasteiger partial charge in [0.25, 0.3) is 0 Å². The third-order valence-corrected chi connectivity index (χ3v) is 2.83. The molecular weight excluding hydrogens is 240 g/mol. The minimum Gasteiger partial charge on any atom is -0.282 e. The van der Waals surface area contributed by atoms with Gasteiger partial charge in [0.1, 0.15) is 0 Å². The van der Waals surface area contributed by atoms with Crippen LogP contribution in [-0.4, -0.2) is 29.4 Å². The first-order valence-electron chi connectivity index (χ1n) is 5.18. The monoisotopic (exact) mass is 254 g/mol. The zero-order chi connectivity index (χ0) is 12.6. The Morgan fingerprint density at radius 3 is 2.65 bits per heavy atom. The van der Waals surface area contributed by atoms with Crippen molar-refractivity contribution in [3.63, 3.8) is 0 Å². The summed E-state index contributed by atoms with van der Waals surface area (Å²) in [5, 5.41) is 5.02. The molecule has 7 heteroatoms. The molecule has 0 amide bonds. The van der Waals surface area contributed by atoms with Crippen LogP contribution in [0.25, 0.3) is 11.0 Å². The van der Waals surface area contributed by atoms with Crippen molar-refractivity contribution in [2.24, 2.45) is 0 Å². The van der Waals surface area contributed by atoms with E-state index in [1.54, 1.807) is 16.9 Å². The predicted octanol–water partition coefficient (Wildman–Crippen LogP) is 1.38. The van der Waals surface area contributed by atoms with Crippen molar-refractivity contribution < 1.29 is 8.42 Å². The average Bonchev–Trinajstić information content (AvgIpc) is 2.57. The van der Waals surface area contributed by atoms with E-state index in [4.69, 9.17) is 0 Å². The van der Waals surface area contributed by atoms with Crippen molar-refractivity contribution in [3.8, 4) is 0 Å². The SMILES string of the molecule is CC(C)n1ncc2cc(NS(C)(=O)=O)cnc21. The van der Waals surface area contributed by atoms with E-state index in [0.29, 0.717) is 5.69 Å². The number of nitrogens with zero attached hydrogens (tertiary/aromatic N) is 3. The first-order valence-corrected chi connectivity index (χ1v) is 7.07. The van der Waals surface area contributed by atoms with Gasteiger partial charge in [-0.15, -0.1) is 0 Å². The number of rotatable bonds is 3. The minimum atomic E-state index is -3.27. The average molecular weight is 254 g/mol. The van der Waals surface area contributed by atoms with E-state index in [1.807, 2.05) is 13.8 Å². The minimum absolute atomic E-state index is 0.216. The Bertz CT molecular complexity index is 645. The van der Waals surface area contributed by atoms with Gasteiger partial charge in [0.2, 0.25) is 10.0 Å². The summed E-state index contributed by atoms with van der Waals surface area (Å²) in [5.74, 6) is 0. The van der Waals surface area contributed by atoms with Gasteiger partial charge in [-0.3, -0.25) is 4.72 Å². The second kappa shape index (κ2) is 3.99. The summed E-state index contributed by atoms with van der Waals surface area (Å²) >= 11 is 0. The maximum Gasteiger partial charge on any atom is 0.229 e. The Balaban J connectivity index is 2.46. The number of hydrogen-bond acceptors (Lipinski definition) is 4. The van der Waals surface area contributed by atoms with Gasteiger partial charge in [0.05, 0.1) is 24.3 Å². The number of pyridine rings is 1. The van der Waals surface area contributed by atoms with Crippen molar-refractivity contribution in [2.45, 2.75) is 19.9 Å². The summed E-state index contributed by atoms with van der Waals surface area (Å²) < 4.78 is 26.4. The van der Waals surface area contributed by atoms with E-state index in [9.17, 15) is 8.42 Å². The molecule has 0 aliphatic carbocycles. The third-order valence-electron chi connectivity index (χ3n) is 2.23. The second-order valence-corrected chi connectivity index (χ2v) is 5.94. The van der Waals surface area contributed by atoms with E-state index in [0.717, 1.165) is 17.3 Å². The largest absolute Gasteiger partial charge is 0.282 e. The maximum absolute atomic E-state index is 11.1. The van der Waals surface area contributed by atoms with Crippen LogP contribution in [0.2, 0.25) is 0 Å². The van der Waals surface area contributed by atoms with Crippen molar-refractivity contribution in [3.05, 3.63) is 18.5 Å². The Morgan fingerprint density at radius 2 is 2.06 bits per heavy atom. The van der Waals surface area contributed by atoms with Gasteiger partial charge in [0.15, 0.2) is 5.65 Å². The van der Waals surface area contributed by atoms with Gasteiger partial charge >= 0.3 is 0 Å². The Hall–Kier alpha value is -1.63. The molecule has 0 unspecified atom stereocenters. The van der Waals surface area contributed by atoms with E-state index in [-0.39, 0.29) is 6.04 Å². The predicted molar refractivity (Wildman–Crippen MR) is 66.4 cm³/mol. The molecule has 0 aliphatic heterocycles. The van der Waals surface area contributed by atoms with Crippen LogP contribution < -0.4 is 4.72 Å². The summed E-state index contributed by atoms with van der Waals surface area (Å²) in [6.45, 7) is 4.02. The van der Waals surface area contributed by atoms with Crippen LogP contribution in [0.1, 0.15) is 19.9 Å². The Morgan fingerprint density at radius 1 is 1.35 bits per heavy atom. The number of aromatic nitrogens is 3. The lowest BCUT2D eigenvalue weighted by Crippen LogP contribution is -2.10. The van der Waals surface area contributed by atoms with E-state index in [2.05, 4.69) is 14.8 Å². The molecule has 17 heavy (non-hydrogen) atoms. The Labute approximate surface area is 99.7 Å². The molecule has 1 N–H and O–H groups in total. The van der Waals surface area contributed by atoms with Gasteiger partial charge in [-0.25, -0.2) is 18.1 Å². The number of fused-ring (bicyclic) bond motifs is 1. The van der Waals surface area contributed by atoms with E-state index < -0.39 is 10.0 Å². The number of nitrogens with one attached hydrogen (secondary N) is 1. The fraction of sp³-hybridized carbons (Fsp3) is 0.400. The zero-order valence-electron chi connectivity index (χ0n) is 9.88. The highest BCUT2D eigenvalue weighted by molar-refractivity contribution is 7.92. The summed E-state index contributed by atoms with van der Waals surface area (Å²) in [5.41, 5.74) is 1.20. The third kappa shape index (κ3) is 2.55. The molecule has 0 atom stereocenters. The van der Waals surface area contributed by atoms with Gasteiger partial charge in [0, 0.05) is 11.4 Å². The fourth-order valence-corrected chi connectivity index (χ4v) is 2.13. The summed E-state index contributed by atoms with van der Waals surface area (Å²) in [6, 6.07) is 1.93. The first-order chi connectivity index (χ1) is 7.87. The molecule has 2 rings (SSSR count). The first kappa shape index (κ1) is 11.8. The van der Waals surface area contributed by atoms with Crippen LogP contribution in [0, 0.1) is 0 Å². The van der Waals surface area contributed by atoms with Crippen molar-refractivity contribution in [1.82, 2.24) is 14.8 Å². The van der Waals surface area contributed by atoms with Gasteiger partial charge in [-0.05, 0) is 19.9 Å². The molecule has 92 valence electrons. The van der Waals surface area contributed by atoms with Crippen LogP contribution in [0.3, 0.4) is 0 Å². The molecule has 2 aromatic heterocycles. The molecule has 0 bridgehead atoms. The molecule has 0 spiro atoms. The molecule has 0 saturated carbocycles. The second-order valence-electron chi connectivity index (χ2n) is 4.19. The van der Waals surface area contributed by atoms with E-state index in [1.165, 1.54) is 6.20 Å². The standard InChI is InChI=1S/C10H14N4O2S/c1-7(2)14-10-8(5-12-14)4-9(6-11-10)13-17(3,15)16/h4-7,13H,1-3H3. The zero-order valence-corrected chi connectivity index (χ0v) is 10.7. The molecule has 2 aromatic rings. The number of hydrogen-bond donors (Lipinski definition) is 1. The highest BCUT2D eigenvalue weighted by Gasteiger charge is 2.09. The van der Waals surface area contributed by atoms with Crippen LogP contribution in [0.4, 0.5) is 5.69 Å². The van der Waals surface area contributed by atoms with Crippen molar-refractivity contribution in [1.29, 1.82) is 0 Å². The topological polar surface area (TPSA) is 76.9 Å². The lowest BCUT2D eigenvalue weighted by Gasteiger charge is -2.07. The molecule has 0 saturated heterocycles. The van der Waals surface area contributed by atoms with Crippen LogP contribution >= 0.6 is 0 Å². The van der Waals surface area contributed by atoms with Crippen LogP contribution in [-0.2, 0) is 10.0 Å². The number of sulfonamides is 1. The van der Waals surface area contributed by atoms with Gasteiger partial charge < -0.3 is 0 Å². The molecule has 6 nitrogen and oxygen atoms in total. The highest BCUT2D eigenvalue weighted by atomic mass is 32.2. The van der Waals surface area contributed by atoms with Crippen molar-refractivity contribution >= 4 is 26.7 Å². The maximum atomic E-state index is 11.1. The molecular formula is C10H14N4O2S. The number of anilines is 1. The lowest BCUT2D eigenvalue weighted by atomic mass is 10.3. The molecule has 0 radical (unpaired) electrons. The van der Waals surface area contributed by atoms with Gasteiger partial charge in [-0.1, -0.05) is 0 Å². The fourth-order valence-electron chi connectivity index (χ4n) is 1.59. The van der Waals surface area contributed by atoms with Crippen LogP contribution in [0.15, 0.2) is 18.5 Å². The molecule has 0 aliphatic rings. The lowest BCUT2D eigenvalue weighted by molar-refractivity contribution is 0.546. The van der Waals surface area contributed by atoms with E-state index >= 15 is 0 Å². The summed E-state index contributed by atoms with van der Waals surface area (Å²) in [6.07, 6.45) is 4.27. The summed E-state index contributed by atoms with van der Waals surface area (Å²) in [4.78, 5) is 4.22. The smallest absolute Gasteiger partial charge is 0.229 e. The van der Waals surface area contributed by atoms with Crippen molar-refractivity contribution in [2.75, 3.05) is 11.0 Å². The quantitative estimate of drug-likeness (QED) is 0.897. The summed E-state index contributed by atoms with van der Waals surface area (Å²) in [7, 11) is -3.27. The normalized spacial score (nSPS) is 12.2. The van der Waals surface area contributed by atoms with Crippen LogP contribution in [0.5, 0.6) is 0 Å². The highest BCUT2D eigenvalue weighted by Crippen LogP contribution is 2.19. The Kier molecular flexibility index (Phi) is 2.78. The van der Waals surface area contributed by atoms with Gasteiger partial charge in [-0.2, -0.15) is 5.10 Å².